The Balaban J connectivity index is 1.71. The molecule has 7 heteroatoms. The summed E-state index contributed by atoms with van der Waals surface area (Å²) in [5, 5.41) is 14.2. The molecule has 0 saturated heterocycles. The van der Waals surface area contributed by atoms with Crippen LogP contribution in [0, 0.1) is 10.1 Å². The van der Waals surface area contributed by atoms with Crippen LogP contribution in [0.2, 0.25) is 5.02 Å². The number of carbonyl (C=O) groups excluding carboxylic acids is 1. The van der Waals surface area contributed by atoms with Gasteiger partial charge in [0.2, 0.25) is 5.91 Å². The van der Waals surface area contributed by atoms with E-state index in [0.29, 0.717) is 12.1 Å². The van der Waals surface area contributed by atoms with Crippen LogP contribution in [-0.4, -0.2) is 23.1 Å². The third-order valence-corrected chi connectivity index (χ3v) is 4.65. The molecule has 0 spiro atoms. The Bertz CT molecular complexity index is 780. The van der Waals surface area contributed by atoms with E-state index in [1.807, 2.05) is 24.3 Å². The molecule has 0 fully saturated rings. The monoisotopic (exact) mass is 376 g/mol. The van der Waals surface area contributed by atoms with Gasteiger partial charge in [-0.3, -0.25) is 14.9 Å². The average molecular weight is 377 g/mol. The van der Waals surface area contributed by atoms with Gasteiger partial charge in [0.15, 0.2) is 0 Å². The maximum absolute atomic E-state index is 11.8. The number of hydrogen-bond donors (Lipinski definition) is 1. The van der Waals surface area contributed by atoms with E-state index in [0.717, 1.165) is 22.1 Å². The fourth-order valence-electron chi connectivity index (χ4n) is 2.02. The lowest BCUT2D eigenvalue weighted by Gasteiger charge is -2.04. The van der Waals surface area contributed by atoms with E-state index >= 15 is 0 Å². The zero-order valence-corrected chi connectivity index (χ0v) is 14.9. The third-order valence-electron chi connectivity index (χ3n) is 3.27. The molecule has 1 N–H and O–H groups in total. The molecule has 130 valence electrons. The highest BCUT2D eigenvalue weighted by molar-refractivity contribution is 7.98. The van der Waals surface area contributed by atoms with Gasteiger partial charge in [-0.1, -0.05) is 41.9 Å². The number of nitrogens with one attached hydrogen (secondary N) is 1. The summed E-state index contributed by atoms with van der Waals surface area (Å²) >= 11 is 7.77. The van der Waals surface area contributed by atoms with Crippen LogP contribution in [0.15, 0.2) is 54.6 Å². The van der Waals surface area contributed by atoms with Gasteiger partial charge < -0.3 is 5.32 Å². The molecule has 0 radical (unpaired) electrons. The number of carbonyl (C=O) groups is 1. The number of nitro groups is 1. The lowest BCUT2D eigenvalue weighted by Crippen LogP contribution is -2.23. The molecule has 2 aromatic rings. The highest BCUT2D eigenvalue weighted by Gasteiger charge is 2.04. The van der Waals surface area contributed by atoms with E-state index in [9.17, 15) is 14.9 Å². The van der Waals surface area contributed by atoms with E-state index in [-0.39, 0.29) is 11.6 Å². The topological polar surface area (TPSA) is 72.2 Å². The average Bonchev–Trinajstić information content (AvgIpc) is 2.61. The largest absolute Gasteiger partial charge is 0.352 e. The van der Waals surface area contributed by atoms with Crippen LogP contribution < -0.4 is 5.32 Å². The molecule has 0 atom stereocenters. The van der Waals surface area contributed by atoms with Crippen LogP contribution in [-0.2, 0) is 10.5 Å². The molecule has 2 aromatic carbocycles. The third kappa shape index (κ3) is 6.60. The number of nitro benzene ring substituents is 1. The number of halogens is 1. The number of benzene rings is 2. The maximum Gasteiger partial charge on any atom is 0.270 e. The Hall–Kier alpha value is -2.31. The normalized spacial score (nSPS) is 10.8. The molecular weight excluding hydrogens is 360 g/mol. The molecule has 5 nitrogen and oxygen atoms in total. The summed E-state index contributed by atoms with van der Waals surface area (Å²) < 4.78 is 0. The maximum atomic E-state index is 11.8. The Morgan fingerprint density at radius 2 is 2.04 bits per heavy atom. The molecule has 0 bridgehead atoms. The van der Waals surface area contributed by atoms with Crippen molar-refractivity contribution in [3.63, 3.8) is 0 Å². The highest BCUT2D eigenvalue weighted by Crippen LogP contribution is 2.20. The second kappa shape index (κ2) is 9.86. The molecule has 25 heavy (non-hydrogen) atoms. The fraction of sp³-hybridized carbons (Fsp3) is 0.167. The Labute approximate surface area is 155 Å². The van der Waals surface area contributed by atoms with Crippen LogP contribution in [0.3, 0.4) is 0 Å². The second-order valence-corrected chi connectivity index (χ2v) is 6.63. The number of hydrogen-bond acceptors (Lipinski definition) is 4. The first-order valence-electron chi connectivity index (χ1n) is 7.58. The second-order valence-electron chi connectivity index (χ2n) is 5.12. The van der Waals surface area contributed by atoms with Crippen LogP contribution >= 0.6 is 23.4 Å². The molecule has 0 saturated carbocycles. The van der Waals surface area contributed by atoms with Gasteiger partial charge in [-0.2, -0.15) is 11.8 Å². The molecule has 0 aromatic heterocycles. The van der Waals surface area contributed by atoms with Gasteiger partial charge in [0, 0.05) is 41.3 Å². The quantitative estimate of drug-likeness (QED) is 0.322. The van der Waals surface area contributed by atoms with Gasteiger partial charge >= 0.3 is 0 Å². The predicted octanol–water partition coefficient (Wildman–Crippen LogP) is 4.31. The Morgan fingerprint density at radius 1 is 1.24 bits per heavy atom. The molecule has 2 rings (SSSR count). The first kappa shape index (κ1) is 19.0. The van der Waals surface area contributed by atoms with Gasteiger partial charge in [-0.05, 0) is 23.3 Å². The molecule has 0 aliphatic carbocycles. The number of non-ortho nitro benzene ring substituents is 1. The first-order chi connectivity index (χ1) is 12.1. The van der Waals surface area contributed by atoms with Gasteiger partial charge in [0.05, 0.1) is 4.92 Å². The lowest BCUT2D eigenvalue weighted by atomic mass is 10.2. The Kier molecular flexibility index (Phi) is 7.50. The molecule has 0 heterocycles. The minimum atomic E-state index is -0.465. The lowest BCUT2D eigenvalue weighted by molar-refractivity contribution is -0.384. The van der Waals surface area contributed by atoms with E-state index in [2.05, 4.69) is 5.32 Å². The summed E-state index contributed by atoms with van der Waals surface area (Å²) in [5.74, 6) is 1.32. The molecular formula is C18H17ClN2O3S. The van der Waals surface area contributed by atoms with Crippen LogP contribution in [0.5, 0.6) is 0 Å². The van der Waals surface area contributed by atoms with Crippen LogP contribution in [0.1, 0.15) is 11.1 Å². The minimum Gasteiger partial charge on any atom is -0.352 e. The van der Waals surface area contributed by atoms with E-state index < -0.39 is 4.92 Å². The van der Waals surface area contributed by atoms with E-state index in [1.165, 1.54) is 18.2 Å². The summed E-state index contributed by atoms with van der Waals surface area (Å²) in [6.45, 7) is 0.535. The molecule has 1 amide bonds. The van der Waals surface area contributed by atoms with E-state index in [1.54, 1.807) is 30.0 Å². The number of rotatable bonds is 8. The van der Waals surface area contributed by atoms with Gasteiger partial charge in [-0.15, -0.1) is 0 Å². The molecule has 0 unspecified atom stereocenters. The summed E-state index contributed by atoms with van der Waals surface area (Å²) in [5.41, 5.74) is 1.68. The van der Waals surface area contributed by atoms with Crippen molar-refractivity contribution in [1.29, 1.82) is 0 Å². The Morgan fingerprint density at radius 3 is 2.80 bits per heavy atom. The highest BCUT2D eigenvalue weighted by atomic mass is 35.5. The van der Waals surface area contributed by atoms with Gasteiger partial charge in [0.25, 0.3) is 5.69 Å². The van der Waals surface area contributed by atoms with Crippen LogP contribution in [0.4, 0.5) is 5.69 Å². The van der Waals surface area contributed by atoms with E-state index in [4.69, 9.17) is 11.6 Å². The number of amides is 1. The van der Waals surface area contributed by atoms with Crippen molar-refractivity contribution in [2.45, 2.75) is 5.75 Å². The summed E-state index contributed by atoms with van der Waals surface area (Å²) in [4.78, 5) is 22.0. The van der Waals surface area contributed by atoms with Crippen LogP contribution in [0.25, 0.3) is 6.08 Å². The van der Waals surface area contributed by atoms with Gasteiger partial charge in [-0.25, -0.2) is 0 Å². The number of thioether (sulfide) groups is 1. The molecule has 0 aliphatic heterocycles. The summed E-state index contributed by atoms with van der Waals surface area (Å²) in [7, 11) is 0. The molecule has 0 aliphatic rings. The van der Waals surface area contributed by atoms with Crippen molar-refractivity contribution in [1.82, 2.24) is 5.32 Å². The van der Waals surface area contributed by atoms with Crippen molar-refractivity contribution in [3.05, 3.63) is 80.9 Å². The number of nitrogens with zero attached hydrogens (tertiary/aromatic N) is 1. The van der Waals surface area contributed by atoms with Crippen molar-refractivity contribution in [3.8, 4) is 0 Å². The summed E-state index contributed by atoms with van der Waals surface area (Å²) in [6, 6.07) is 13.8. The van der Waals surface area contributed by atoms with Crippen molar-refractivity contribution < 1.29 is 9.72 Å². The van der Waals surface area contributed by atoms with Gasteiger partial charge in [0.1, 0.15) is 0 Å². The minimum absolute atomic E-state index is 0.00136. The smallest absolute Gasteiger partial charge is 0.270 e. The summed E-state index contributed by atoms with van der Waals surface area (Å²) in [6.07, 6.45) is 2.93. The predicted molar refractivity (Wildman–Crippen MR) is 103 cm³/mol. The zero-order valence-electron chi connectivity index (χ0n) is 13.4. The SMILES string of the molecule is O=C(/C=C/c1cccc([N+](=O)[O-])c1)NCCSCc1ccccc1Cl. The zero-order chi connectivity index (χ0) is 18.1. The fourth-order valence-corrected chi connectivity index (χ4v) is 3.16. The first-order valence-corrected chi connectivity index (χ1v) is 9.11. The van der Waals surface area contributed by atoms with Crippen molar-refractivity contribution >= 4 is 41.0 Å². The standard InChI is InChI=1S/C18H17ClN2O3S/c19-17-7-2-1-5-15(17)13-25-11-10-20-18(22)9-8-14-4-3-6-16(12-14)21(23)24/h1-9,12H,10-11,13H2,(H,20,22)/b9-8+. The van der Waals surface area contributed by atoms with Crippen molar-refractivity contribution in [2.24, 2.45) is 0 Å². The van der Waals surface area contributed by atoms with Crippen molar-refractivity contribution in [2.75, 3.05) is 12.3 Å².